The number of aliphatic hydroxyl groups excluding tert-OH is 1. The molecule has 7 heteroatoms. The van der Waals surface area contributed by atoms with E-state index in [2.05, 4.69) is 31.0 Å². The Hall–Kier alpha value is -0.660. The topological polar surface area (TPSA) is 55.8 Å². The van der Waals surface area contributed by atoms with E-state index >= 15 is 0 Å². The van der Waals surface area contributed by atoms with E-state index in [9.17, 15) is 4.79 Å². The van der Waals surface area contributed by atoms with Crippen molar-refractivity contribution in [3.05, 3.63) is 28.2 Å². The van der Waals surface area contributed by atoms with Crippen LogP contribution in [0.4, 0.5) is 5.69 Å². The summed E-state index contributed by atoms with van der Waals surface area (Å²) in [5, 5.41) is 11.9. The van der Waals surface area contributed by atoms with Gasteiger partial charge in [-0.3, -0.25) is 9.69 Å². The Morgan fingerprint density at radius 1 is 1.22 bits per heavy atom. The van der Waals surface area contributed by atoms with E-state index in [4.69, 9.17) is 5.11 Å². The molecule has 0 unspecified atom stereocenters. The zero-order valence-corrected chi connectivity index (χ0v) is 15.7. The third kappa shape index (κ3) is 6.77. The fraction of sp³-hybridized carbons (Fsp3) is 0.562. The van der Waals surface area contributed by atoms with Crippen molar-refractivity contribution in [1.29, 1.82) is 0 Å². The van der Waals surface area contributed by atoms with Crippen molar-refractivity contribution in [1.82, 2.24) is 9.80 Å². The monoisotopic (exact) mass is 404 g/mol. The summed E-state index contributed by atoms with van der Waals surface area (Å²) in [5.74, 6) is 0.0551. The van der Waals surface area contributed by atoms with Crippen molar-refractivity contribution < 1.29 is 22.3 Å². The van der Waals surface area contributed by atoms with Gasteiger partial charge in [0.15, 0.2) is 0 Å². The highest BCUT2D eigenvalue weighted by atomic mass is 79.9. The van der Waals surface area contributed by atoms with Gasteiger partial charge in [-0.25, -0.2) is 0 Å². The molecule has 1 aromatic carbocycles. The first kappa shape index (κ1) is 20.4. The molecule has 1 aliphatic heterocycles. The number of rotatable bonds is 6. The number of halogens is 2. The summed E-state index contributed by atoms with van der Waals surface area (Å²) < 4.78 is 1.05. The average molecular weight is 406 g/mol. The van der Waals surface area contributed by atoms with E-state index in [0.29, 0.717) is 6.42 Å². The Bertz CT molecular complexity index is 508. The zero-order chi connectivity index (χ0) is 15.9. The van der Waals surface area contributed by atoms with Crippen LogP contribution in [-0.4, -0.2) is 66.7 Å². The maximum Gasteiger partial charge on any atom is 0.225 e. The number of hydrogen-bond acceptors (Lipinski definition) is 4. The summed E-state index contributed by atoms with van der Waals surface area (Å²) in [6.07, 6.45) is 0.509. The molecular weight excluding hydrogens is 382 g/mol. The number of aryl methyl sites for hydroxylation is 1. The van der Waals surface area contributed by atoms with Crippen molar-refractivity contribution >= 4 is 27.5 Å². The van der Waals surface area contributed by atoms with E-state index in [0.717, 1.165) is 55.0 Å². The first-order chi connectivity index (χ1) is 10.6. The molecule has 0 bridgehead atoms. The third-order valence-electron chi connectivity index (χ3n) is 3.98. The predicted octanol–water partition coefficient (Wildman–Crippen LogP) is -1.30. The molecule has 0 aromatic heterocycles. The van der Waals surface area contributed by atoms with Crippen LogP contribution < -0.4 is 17.7 Å². The summed E-state index contributed by atoms with van der Waals surface area (Å²) in [6, 6.07) is 5.82. The zero-order valence-electron chi connectivity index (χ0n) is 13.4. The number of β-amino-alcohol motifs (C(OH)–C–C–N with tert-alkyl or cyclic N) is 1. The van der Waals surface area contributed by atoms with Crippen LogP contribution in [0.1, 0.15) is 12.0 Å². The molecule has 0 radical (unpaired) electrons. The van der Waals surface area contributed by atoms with Crippen LogP contribution >= 0.6 is 15.9 Å². The van der Waals surface area contributed by atoms with Gasteiger partial charge in [-0.05, 0) is 30.7 Å². The molecular formula is C16H24BrClN3O2-. The van der Waals surface area contributed by atoms with Crippen LogP contribution in [0, 0.1) is 6.92 Å². The van der Waals surface area contributed by atoms with Gasteiger partial charge in [0.05, 0.1) is 6.61 Å². The van der Waals surface area contributed by atoms with Gasteiger partial charge in [-0.1, -0.05) is 15.9 Å². The lowest BCUT2D eigenvalue weighted by molar-refractivity contribution is -0.116. The molecule has 23 heavy (non-hydrogen) atoms. The first-order valence-electron chi connectivity index (χ1n) is 7.70. The van der Waals surface area contributed by atoms with Gasteiger partial charge < -0.3 is 27.7 Å². The summed E-state index contributed by atoms with van der Waals surface area (Å²) in [4.78, 5) is 16.6. The number of carbonyl (C=O) groups excluding carboxylic acids is 1. The van der Waals surface area contributed by atoms with Gasteiger partial charge in [0.1, 0.15) is 0 Å². The van der Waals surface area contributed by atoms with Crippen LogP contribution in [0.25, 0.3) is 0 Å². The number of benzene rings is 1. The third-order valence-corrected chi connectivity index (χ3v) is 4.87. The van der Waals surface area contributed by atoms with Crippen molar-refractivity contribution in [2.75, 3.05) is 51.2 Å². The minimum Gasteiger partial charge on any atom is -1.00 e. The highest BCUT2D eigenvalue weighted by Crippen LogP contribution is 2.20. The van der Waals surface area contributed by atoms with Gasteiger partial charge in [0.2, 0.25) is 5.91 Å². The van der Waals surface area contributed by atoms with Gasteiger partial charge in [-0.2, -0.15) is 0 Å². The molecule has 1 fully saturated rings. The van der Waals surface area contributed by atoms with Crippen molar-refractivity contribution in [3.8, 4) is 0 Å². The van der Waals surface area contributed by atoms with Gasteiger partial charge in [0, 0.05) is 55.8 Å². The molecule has 1 saturated heterocycles. The average Bonchev–Trinajstić information content (AvgIpc) is 2.51. The summed E-state index contributed by atoms with van der Waals surface area (Å²) in [7, 11) is 0. The predicted molar refractivity (Wildman–Crippen MR) is 92.1 cm³/mol. The summed E-state index contributed by atoms with van der Waals surface area (Å²) >= 11 is 3.46. The minimum absolute atomic E-state index is 0. The standard InChI is InChI=1S/C16H24BrN3O2.ClH/c1-13-12-14(2-3-15(13)17)18-16(22)4-5-19-6-8-20(9-7-19)10-11-21;/h2-3,12,21H,4-11H2,1H3,(H,18,22);1H/p-1. The van der Waals surface area contributed by atoms with E-state index in [-0.39, 0.29) is 24.9 Å². The molecule has 1 heterocycles. The maximum absolute atomic E-state index is 12.0. The molecule has 0 spiro atoms. The smallest absolute Gasteiger partial charge is 0.225 e. The van der Waals surface area contributed by atoms with Gasteiger partial charge >= 0.3 is 0 Å². The minimum atomic E-state index is 0. The Balaban J connectivity index is 0.00000264. The van der Waals surface area contributed by atoms with Crippen molar-refractivity contribution in [2.24, 2.45) is 0 Å². The molecule has 5 nitrogen and oxygen atoms in total. The molecule has 1 aromatic rings. The number of anilines is 1. The first-order valence-corrected chi connectivity index (χ1v) is 8.49. The largest absolute Gasteiger partial charge is 1.00 e. The highest BCUT2D eigenvalue weighted by Gasteiger charge is 2.16. The second-order valence-corrected chi connectivity index (χ2v) is 6.52. The molecule has 0 aliphatic carbocycles. The van der Waals surface area contributed by atoms with Crippen LogP contribution in [0.5, 0.6) is 0 Å². The highest BCUT2D eigenvalue weighted by molar-refractivity contribution is 9.10. The van der Waals surface area contributed by atoms with Crippen LogP contribution in [0.2, 0.25) is 0 Å². The molecule has 130 valence electrons. The molecule has 0 atom stereocenters. The number of aliphatic hydroxyl groups is 1. The SMILES string of the molecule is Cc1cc(NC(=O)CCN2CCN(CCO)CC2)ccc1Br.[Cl-]. The molecule has 0 saturated carbocycles. The molecule has 1 amide bonds. The number of nitrogens with one attached hydrogen (secondary N) is 1. The Kier molecular flexibility index (Phi) is 9.09. The van der Waals surface area contributed by atoms with E-state index in [1.165, 1.54) is 0 Å². The van der Waals surface area contributed by atoms with Crippen molar-refractivity contribution in [2.45, 2.75) is 13.3 Å². The normalized spacial score (nSPS) is 16.0. The van der Waals surface area contributed by atoms with E-state index in [1.807, 2.05) is 25.1 Å². The van der Waals surface area contributed by atoms with E-state index < -0.39 is 0 Å². The number of carbonyl (C=O) groups is 1. The number of piperazine rings is 1. The lowest BCUT2D eigenvalue weighted by Gasteiger charge is -2.34. The van der Waals surface area contributed by atoms with Crippen LogP contribution in [0.3, 0.4) is 0 Å². The lowest BCUT2D eigenvalue weighted by atomic mass is 10.2. The summed E-state index contributed by atoms with van der Waals surface area (Å²) in [6.45, 7) is 7.61. The number of amides is 1. The molecule has 2 rings (SSSR count). The van der Waals surface area contributed by atoms with Gasteiger partial charge in [0.25, 0.3) is 0 Å². The van der Waals surface area contributed by atoms with Crippen LogP contribution in [-0.2, 0) is 4.79 Å². The molecule has 2 N–H and O–H groups in total. The van der Waals surface area contributed by atoms with Crippen LogP contribution in [0.15, 0.2) is 22.7 Å². The maximum atomic E-state index is 12.0. The van der Waals surface area contributed by atoms with Crippen molar-refractivity contribution in [3.63, 3.8) is 0 Å². The lowest BCUT2D eigenvalue weighted by Crippen LogP contribution is -3.00. The fourth-order valence-electron chi connectivity index (χ4n) is 2.58. The van der Waals surface area contributed by atoms with Gasteiger partial charge in [-0.15, -0.1) is 0 Å². The quantitative estimate of drug-likeness (QED) is 0.618. The Morgan fingerprint density at radius 2 is 1.83 bits per heavy atom. The molecule has 1 aliphatic rings. The second-order valence-electron chi connectivity index (χ2n) is 5.67. The van der Waals surface area contributed by atoms with E-state index in [1.54, 1.807) is 0 Å². The Labute approximate surface area is 152 Å². The Morgan fingerprint density at radius 3 is 2.39 bits per heavy atom. The number of hydrogen-bond donors (Lipinski definition) is 2. The fourth-order valence-corrected chi connectivity index (χ4v) is 2.83. The summed E-state index contributed by atoms with van der Waals surface area (Å²) in [5.41, 5.74) is 1.95. The second kappa shape index (κ2) is 10.3. The number of nitrogens with zero attached hydrogens (tertiary/aromatic N) is 2.